The number of esters is 2. The standard InChI is InChI=1S/C39H33ClN2O7S/c1-4-47-37(44)27-13-11-24(12-14-27)23-49-31-20-17-29(40)21-28(31)22-32-36(43)42-35(26-15-18-30(46-3)19-16-26)33(38(45)48-5-2)34(41-39(42)50-32)25-9-7-6-8-10-25/h6-22,35H,4-5,23H2,1-3H3/b32-22-/t35-/m1/s1. The number of hydrogen-bond donors (Lipinski definition) is 0. The van der Waals surface area contributed by atoms with Gasteiger partial charge in [0.15, 0.2) is 4.80 Å². The van der Waals surface area contributed by atoms with Gasteiger partial charge in [-0.1, -0.05) is 77.5 Å². The molecule has 50 heavy (non-hydrogen) atoms. The molecule has 0 unspecified atom stereocenters. The van der Waals surface area contributed by atoms with Crippen molar-refractivity contribution in [2.45, 2.75) is 26.5 Å². The lowest BCUT2D eigenvalue weighted by atomic mass is 9.93. The van der Waals surface area contributed by atoms with Crippen molar-refractivity contribution in [3.63, 3.8) is 0 Å². The van der Waals surface area contributed by atoms with Crippen molar-refractivity contribution in [3.05, 3.63) is 155 Å². The van der Waals surface area contributed by atoms with E-state index in [4.69, 9.17) is 35.5 Å². The molecule has 1 aliphatic heterocycles. The summed E-state index contributed by atoms with van der Waals surface area (Å²) in [4.78, 5) is 45.5. The summed E-state index contributed by atoms with van der Waals surface area (Å²) in [7, 11) is 1.57. The van der Waals surface area contributed by atoms with Crippen LogP contribution >= 0.6 is 22.9 Å². The molecule has 11 heteroatoms. The third kappa shape index (κ3) is 7.27. The highest BCUT2D eigenvalue weighted by atomic mass is 35.5. The van der Waals surface area contributed by atoms with E-state index in [0.29, 0.717) is 60.4 Å². The number of methoxy groups -OCH3 is 1. The van der Waals surface area contributed by atoms with E-state index >= 15 is 0 Å². The molecule has 9 nitrogen and oxygen atoms in total. The van der Waals surface area contributed by atoms with Gasteiger partial charge in [0.05, 0.1) is 47.7 Å². The number of halogens is 1. The summed E-state index contributed by atoms with van der Waals surface area (Å²) in [6.07, 6.45) is 1.72. The Morgan fingerprint density at radius 2 is 1.60 bits per heavy atom. The van der Waals surface area contributed by atoms with Crippen LogP contribution in [0.5, 0.6) is 11.5 Å². The summed E-state index contributed by atoms with van der Waals surface area (Å²) in [6, 6.07) is 27.9. The minimum Gasteiger partial charge on any atom is -0.497 e. The first kappa shape index (κ1) is 34.4. The zero-order chi connectivity index (χ0) is 35.2. The molecule has 2 heterocycles. The molecule has 0 bridgehead atoms. The van der Waals surface area contributed by atoms with Crippen molar-refractivity contribution in [3.8, 4) is 11.5 Å². The van der Waals surface area contributed by atoms with E-state index in [9.17, 15) is 14.4 Å². The third-order valence-corrected chi connectivity index (χ3v) is 9.14. The lowest BCUT2D eigenvalue weighted by molar-refractivity contribution is -0.138. The van der Waals surface area contributed by atoms with Crippen LogP contribution in [-0.4, -0.2) is 36.8 Å². The van der Waals surface area contributed by atoms with Gasteiger partial charge in [-0.15, -0.1) is 0 Å². The minimum absolute atomic E-state index is 0.150. The Morgan fingerprint density at radius 1 is 0.900 bits per heavy atom. The van der Waals surface area contributed by atoms with E-state index in [1.54, 1.807) is 81.6 Å². The maximum Gasteiger partial charge on any atom is 0.338 e. The number of nitrogens with zero attached hydrogens (tertiary/aromatic N) is 2. The van der Waals surface area contributed by atoms with Crippen molar-refractivity contribution >= 4 is 46.6 Å². The van der Waals surface area contributed by atoms with Crippen LogP contribution in [0.25, 0.3) is 11.8 Å². The number of benzene rings is 4. The van der Waals surface area contributed by atoms with Gasteiger partial charge in [-0.2, -0.15) is 0 Å². The molecule has 0 N–H and O–H groups in total. The quantitative estimate of drug-likeness (QED) is 0.147. The van der Waals surface area contributed by atoms with E-state index in [2.05, 4.69) is 0 Å². The first-order valence-corrected chi connectivity index (χ1v) is 17.1. The second kappa shape index (κ2) is 15.4. The van der Waals surface area contributed by atoms with Gasteiger partial charge in [-0.3, -0.25) is 9.36 Å². The molecule has 0 saturated carbocycles. The molecule has 0 amide bonds. The number of fused-ring (bicyclic) bond motifs is 1. The van der Waals surface area contributed by atoms with Crippen LogP contribution in [0.2, 0.25) is 5.02 Å². The van der Waals surface area contributed by atoms with Crippen LogP contribution in [0.15, 0.2) is 112 Å². The minimum atomic E-state index is -0.832. The summed E-state index contributed by atoms with van der Waals surface area (Å²) in [5.74, 6) is 0.181. The molecule has 0 aliphatic carbocycles. The topological polar surface area (TPSA) is 105 Å². The molecule has 6 rings (SSSR count). The summed E-state index contributed by atoms with van der Waals surface area (Å²) in [5, 5.41) is 0.460. The zero-order valence-corrected chi connectivity index (χ0v) is 29.1. The molecule has 1 aromatic heterocycles. The van der Waals surface area contributed by atoms with Crippen molar-refractivity contribution in [2.75, 3.05) is 20.3 Å². The molecular formula is C39H33ClN2O7S. The SMILES string of the molecule is CCOC(=O)C1=C(c2ccccc2)N=c2s/c(=C\c3cc(Cl)ccc3OCc3ccc(C(=O)OCC)cc3)c(=O)n2[C@@H]1c1ccc(OC)cc1. The molecule has 5 aromatic rings. The average Bonchev–Trinajstić information content (AvgIpc) is 3.45. The predicted molar refractivity (Wildman–Crippen MR) is 192 cm³/mol. The fraction of sp³-hybridized carbons (Fsp3) is 0.179. The van der Waals surface area contributed by atoms with Gasteiger partial charge < -0.3 is 18.9 Å². The Balaban J connectivity index is 1.45. The van der Waals surface area contributed by atoms with Gasteiger partial charge in [0, 0.05) is 16.1 Å². The number of rotatable bonds is 11. The number of ether oxygens (including phenoxy) is 4. The van der Waals surface area contributed by atoms with Crippen LogP contribution in [0.3, 0.4) is 0 Å². The largest absolute Gasteiger partial charge is 0.497 e. The predicted octanol–water partition coefficient (Wildman–Crippen LogP) is 6.35. The van der Waals surface area contributed by atoms with E-state index in [1.165, 1.54) is 15.9 Å². The van der Waals surface area contributed by atoms with Crippen LogP contribution in [0, 0.1) is 0 Å². The second-order valence-corrected chi connectivity index (χ2v) is 12.5. The molecule has 254 valence electrons. The molecule has 1 aliphatic rings. The van der Waals surface area contributed by atoms with E-state index in [0.717, 1.165) is 5.56 Å². The normalized spacial score (nSPS) is 14.1. The summed E-state index contributed by atoms with van der Waals surface area (Å²) >= 11 is 7.63. The molecule has 0 spiro atoms. The Labute approximate surface area is 297 Å². The highest BCUT2D eigenvalue weighted by molar-refractivity contribution is 7.07. The van der Waals surface area contributed by atoms with E-state index in [1.807, 2.05) is 42.5 Å². The first-order valence-electron chi connectivity index (χ1n) is 15.9. The Kier molecular flexibility index (Phi) is 10.6. The highest BCUT2D eigenvalue weighted by Crippen LogP contribution is 2.36. The van der Waals surface area contributed by atoms with Gasteiger partial charge in [-0.05, 0) is 73.5 Å². The van der Waals surface area contributed by atoms with Crippen LogP contribution in [0.4, 0.5) is 0 Å². The van der Waals surface area contributed by atoms with Crippen molar-refractivity contribution in [2.24, 2.45) is 4.99 Å². The highest BCUT2D eigenvalue weighted by Gasteiger charge is 2.35. The van der Waals surface area contributed by atoms with Crippen molar-refractivity contribution in [1.29, 1.82) is 0 Å². The number of carbonyl (C=O) groups excluding carboxylic acids is 2. The van der Waals surface area contributed by atoms with Crippen molar-refractivity contribution in [1.82, 2.24) is 4.57 Å². The summed E-state index contributed by atoms with van der Waals surface area (Å²) in [5.41, 5.74) is 3.61. The van der Waals surface area contributed by atoms with Crippen LogP contribution in [-0.2, 0) is 20.9 Å². The molecule has 0 fully saturated rings. The Bertz CT molecular complexity index is 2240. The number of thiazole rings is 1. The lowest BCUT2D eigenvalue weighted by Gasteiger charge is -2.26. The van der Waals surface area contributed by atoms with Gasteiger partial charge in [0.2, 0.25) is 0 Å². The van der Waals surface area contributed by atoms with E-state index < -0.39 is 12.0 Å². The molecule has 0 saturated heterocycles. The lowest BCUT2D eigenvalue weighted by Crippen LogP contribution is -2.40. The van der Waals surface area contributed by atoms with Gasteiger partial charge >= 0.3 is 11.9 Å². The summed E-state index contributed by atoms with van der Waals surface area (Å²) in [6.45, 7) is 4.14. The van der Waals surface area contributed by atoms with Gasteiger partial charge in [0.25, 0.3) is 5.56 Å². The Morgan fingerprint density at radius 3 is 2.28 bits per heavy atom. The smallest absolute Gasteiger partial charge is 0.338 e. The van der Waals surface area contributed by atoms with Gasteiger partial charge in [0.1, 0.15) is 18.1 Å². The molecule has 4 aromatic carbocycles. The second-order valence-electron chi connectivity index (χ2n) is 11.1. The first-order chi connectivity index (χ1) is 24.3. The number of carbonyl (C=O) groups is 2. The number of aromatic nitrogens is 1. The zero-order valence-electron chi connectivity index (χ0n) is 27.6. The molecule has 1 atom stereocenters. The summed E-state index contributed by atoms with van der Waals surface area (Å²) < 4.78 is 24.1. The van der Waals surface area contributed by atoms with Crippen LogP contribution < -0.4 is 24.4 Å². The fourth-order valence-corrected chi connectivity index (χ4v) is 6.73. The Hall–Kier alpha value is -5.45. The monoisotopic (exact) mass is 708 g/mol. The average molecular weight is 709 g/mol. The van der Waals surface area contributed by atoms with Crippen molar-refractivity contribution < 1.29 is 28.5 Å². The maximum atomic E-state index is 14.4. The van der Waals surface area contributed by atoms with E-state index in [-0.39, 0.29) is 30.3 Å². The number of hydrogen-bond acceptors (Lipinski definition) is 9. The van der Waals surface area contributed by atoms with Crippen LogP contribution in [0.1, 0.15) is 52.5 Å². The maximum absolute atomic E-state index is 14.4. The molecule has 0 radical (unpaired) electrons. The third-order valence-electron chi connectivity index (χ3n) is 7.92. The fourth-order valence-electron chi connectivity index (χ4n) is 5.56. The molecular weight excluding hydrogens is 676 g/mol. The van der Waals surface area contributed by atoms with Gasteiger partial charge in [-0.25, -0.2) is 14.6 Å².